The molecule has 2 aliphatic heterocycles. The fraction of sp³-hybridized carbons (Fsp3) is 0.346. The molecule has 1 saturated heterocycles. The van der Waals surface area contributed by atoms with Crippen LogP contribution in [0.4, 0.5) is 5.69 Å². The summed E-state index contributed by atoms with van der Waals surface area (Å²) >= 11 is 1.56. The summed E-state index contributed by atoms with van der Waals surface area (Å²) in [4.78, 5) is 33.6. The van der Waals surface area contributed by atoms with E-state index in [-0.39, 0.29) is 30.4 Å². The third kappa shape index (κ3) is 4.89. The van der Waals surface area contributed by atoms with Crippen LogP contribution in [0.25, 0.3) is 11.3 Å². The number of carbonyl (C=O) groups is 2. The van der Waals surface area contributed by atoms with Gasteiger partial charge < -0.3 is 15.3 Å². The lowest BCUT2D eigenvalue weighted by molar-refractivity contribution is -0.131. The minimum atomic E-state index is -0.315. The molecule has 3 aromatic rings. The summed E-state index contributed by atoms with van der Waals surface area (Å²) in [6.45, 7) is 2.09. The maximum atomic E-state index is 13.4. The molecule has 2 N–H and O–H groups in total. The predicted octanol–water partition coefficient (Wildman–Crippen LogP) is 3.11. The number of likely N-dealkylation sites (tertiary alicyclic amines) is 1. The summed E-state index contributed by atoms with van der Waals surface area (Å²) in [6.07, 6.45) is 1.08. The molecule has 7 nitrogen and oxygen atoms in total. The molecule has 2 atom stereocenters. The minimum absolute atomic E-state index is 0.00748. The van der Waals surface area contributed by atoms with Crippen LogP contribution in [0.5, 0.6) is 0 Å². The molecule has 1 unspecified atom stereocenters. The van der Waals surface area contributed by atoms with E-state index in [2.05, 4.69) is 27.3 Å². The number of hydrogen-bond acceptors (Lipinski definition) is 6. The van der Waals surface area contributed by atoms with E-state index in [1.54, 1.807) is 11.3 Å². The first kappa shape index (κ1) is 22.7. The van der Waals surface area contributed by atoms with Crippen LogP contribution in [0, 0.1) is 0 Å². The Labute approximate surface area is 203 Å². The third-order valence-electron chi connectivity index (χ3n) is 6.69. The maximum absolute atomic E-state index is 13.4. The predicted molar refractivity (Wildman–Crippen MR) is 133 cm³/mol. The van der Waals surface area contributed by atoms with Crippen LogP contribution in [-0.2, 0) is 22.4 Å². The number of fused-ring (bicyclic) bond motifs is 1. The van der Waals surface area contributed by atoms with Crippen molar-refractivity contribution in [1.29, 1.82) is 0 Å². The Bertz CT molecular complexity index is 1200. The number of nitrogens with one attached hydrogen (secondary N) is 1. The second-order valence-electron chi connectivity index (χ2n) is 9.11. The van der Waals surface area contributed by atoms with Gasteiger partial charge in [0.25, 0.3) is 0 Å². The standard InChI is InChI=1S/C26H28N4O3S/c1-29(26(33)10-17-5-6-19-12-25(32)28-22(19)9-17)24(14-30-8-7-21(31)13-30)20-4-2-3-18(11-20)23-15-34-16-27-23/h2-6,9,11,15-16,21,24,31H,7-8,10,12-14H2,1H3,(H,28,32)/t21-,24?/m0/s1. The number of hydrogen-bond donors (Lipinski definition) is 2. The first-order valence-corrected chi connectivity index (χ1v) is 12.5. The number of amides is 2. The molecule has 0 aliphatic carbocycles. The quantitative estimate of drug-likeness (QED) is 0.547. The minimum Gasteiger partial charge on any atom is -0.392 e. The summed E-state index contributed by atoms with van der Waals surface area (Å²) in [6, 6.07) is 13.8. The van der Waals surface area contributed by atoms with E-state index in [9.17, 15) is 14.7 Å². The molecule has 2 aromatic carbocycles. The van der Waals surface area contributed by atoms with Gasteiger partial charge in [-0.1, -0.05) is 30.3 Å². The summed E-state index contributed by atoms with van der Waals surface area (Å²) in [5, 5.41) is 14.9. The zero-order valence-electron chi connectivity index (χ0n) is 19.1. The summed E-state index contributed by atoms with van der Waals surface area (Å²) < 4.78 is 0. The molecule has 2 amide bonds. The average Bonchev–Trinajstić information content (AvgIpc) is 3.57. The monoisotopic (exact) mass is 476 g/mol. The fourth-order valence-corrected chi connectivity index (χ4v) is 5.34. The van der Waals surface area contributed by atoms with E-state index in [0.717, 1.165) is 46.6 Å². The van der Waals surface area contributed by atoms with Crippen LogP contribution in [0.2, 0.25) is 0 Å². The highest BCUT2D eigenvalue weighted by molar-refractivity contribution is 7.07. The Morgan fingerprint density at radius 3 is 2.97 bits per heavy atom. The number of aliphatic hydroxyl groups is 1. The lowest BCUT2D eigenvalue weighted by Gasteiger charge is -2.32. The Hall–Kier alpha value is -3.07. The van der Waals surface area contributed by atoms with Gasteiger partial charge in [-0.15, -0.1) is 11.3 Å². The van der Waals surface area contributed by atoms with Gasteiger partial charge in [0.1, 0.15) is 0 Å². The molecule has 0 radical (unpaired) electrons. The maximum Gasteiger partial charge on any atom is 0.228 e. The summed E-state index contributed by atoms with van der Waals surface area (Å²) in [5.41, 5.74) is 7.47. The van der Waals surface area contributed by atoms with Crippen molar-refractivity contribution in [2.75, 3.05) is 32.0 Å². The molecule has 0 spiro atoms. The Balaban J connectivity index is 1.38. The zero-order valence-corrected chi connectivity index (χ0v) is 19.9. The van der Waals surface area contributed by atoms with Crippen LogP contribution in [0.1, 0.15) is 29.2 Å². The molecule has 176 valence electrons. The van der Waals surface area contributed by atoms with Crippen LogP contribution < -0.4 is 5.32 Å². The molecule has 3 heterocycles. The molecule has 2 aliphatic rings. The lowest BCUT2D eigenvalue weighted by atomic mass is 10.00. The van der Waals surface area contributed by atoms with Gasteiger partial charge in [0, 0.05) is 43.3 Å². The SMILES string of the molecule is CN(C(=O)Cc1ccc2c(c1)NC(=O)C2)C(CN1CC[C@H](O)C1)c1cccc(-c2cscn2)c1. The van der Waals surface area contributed by atoms with E-state index >= 15 is 0 Å². The summed E-state index contributed by atoms with van der Waals surface area (Å²) in [7, 11) is 1.85. The first-order chi connectivity index (χ1) is 16.5. The molecular weight excluding hydrogens is 448 g/mol. The van der Waals surface area contributed by atoms with Gasteiger partial charge >= 0.3 is 0 Å². The van der Waals surface area contributed by atoms with E-state index in [0.29, 0.717) is 19.5 Å². The summed E-state index contributed by atoms with van der Waals surface area (Å²) in [5.74, 6) is -0.00321. The molecule has 1 aromatic heterocycles. The number of benzene rings is 2. The van der Waals surface area contributed by atoms with Gasteiger partial charge in [-0.05, 0) is 35.2 Å². The number of aliphatic hydroxyl groups excluding tert-OH is 1. The fourth-order valence-electron chi connectivity index (χ4n) is 4.78. The van der Waals surface area contributed by atoms with Gasteiger partial charge in [-0.25, -0.2) is 4.98 Å². The van der Waals surface area contributed by atoms with Crippen molar-refractivity contribution in [2.24, 2.45) is 0 Å². The average molecular weight is 477 g/mol. The van der Waals surface area contributed by atoms with Gasteiger partial charge in [0.05, 0.1) is 36.2 Å². The van der Waals surface area contributed by atoms with Crippen molar-refractivity contribution >= 4 is 28.8 Å². The zero-order chi connectivity index (χ0) is 23.7. The van der Waals surface area contributed by atoms with Gasteiger partial charge in [0.15, 0.2) is 0 Å². The highest BCUT2D eigenvalue weighted by Gasteiger charge is 2.29. The molecule has 34 heavy (non-hydrogen) atoms. The first-order valence-electron chi connectivity index (χ1n) is 11.5. The van der Waals surface area contributed by atoms with Crippen molar-refractivity contribution in [3.05, 3.63) is 70.0 Å². The number of thiazole rings is 1. The van der Waals surface area contributed by atoms with Crippen LogP contribution in [-0.4, -0.2) is 64.5 Å². The Morgan fingerprint density at radius 2 is 2.21 bits per heavy atom. The van der Waals surface area contributed by atoms with E-state index < -0.39 is 0 Å². The largest absolute Gasteiger partial charge is 0.392 e. The lowest BCUT2D eigenvalue weighted by Crippen LogP contribution is -2.39. The highest BCUT2D eigenvalue weighted by Crippen LogP contribution is 2.29. The number of β-amino-alcohol motifs (C(OH)–C–C–N with tert-alkyl or cyclic N) is 1. The second kappa shape index (κ2) is 9.66. The Morgan fingerprint density at radius 1 is 1.32 bits per heavy atom. The van der Waals surface area contributed by atoms with Crippen molar-refractivity contribution in [2.45, 2.75) is 31.4 Å². The van der Waals surface area contributed by atoms with Gasteiger partial charge in [-0.3, -0.25) is 14.5 Å². The normalized spacial score (nSPS) is 18.5. The third-order valence-corrected chi connectivity index (χ3v) is 7.28. The molecule has 5 rings (SSSR count). The molecule has 0 bridgehead atoms. The molecule has 8 heteroatoms. The second-order valence-corrected chi connectivity index (χ2v) is 9.83. The number of likely N-dealkylation sites (N-methyl/N-ethyl adjacent to an activating group) is 1. The van der Waals surface area contributed by atoms with Crippen LogP contribution >= 0.6 is 11.3 Å². The number of carbonyl (C=O) groups excluding carboxylic acids is 2. The highest BCUT2D eigenvalue weighted by atomic mass is 32.1. The number of aromatic nitrogens is 1. The van der Waals surface area contributed by atoms with E-state index in [4.69, 9.17) is 0 Å². The molecule has 0 saturated carbocycles. The van der Waals surface area contributed by atoms with Crippen molar-refractivity contribution < 1.29 is 14.7 Å². The van der Waals surface area contributed by atoms with Crippen molar-refractivity contribution in [3.8, 4) is 11.3 Å². The van der Waals surface area contributed by atoms with Crippen molar-refractivity contribution in [3.63, 3.8) is 0 Å². The van der Waals surface area contributed by atoms with Gasteiger partial charge in [0.2, 0.25) is 11.8 Å². The smallest absolute Gasteiger partial charge is 0.228 e. The van der Waals surface area contributed by atoms with Crippen molar-refractivity contribution in [1.82, 2.24) is 14.8 Å². The Kier molecular flexibility index (Phi) is 6.45. The topological polar surface area (TPSA) is 85.8 Å². The van der Waals surface area contributed by atoms with E-state index in [1.807, 2.05) is 53.2 Å². The van der Waals surface area contributed by atoms with Crippen LogP contribution in [0.15, 0.2) is 53.4 Å². The molecule has 1 fully saturated rings. The number of nitrogens with zero attached hydrogens (tertiary/aromatic N) is 3. The van der Waals surface area contributed by atoms with E-state index in [1.165, 1.54) is 0 Å². The van der Waals surface area contributed by atoms with Gasteiger partial charge in [-0.2, -0.15) is 0 Å². The number of anilines is 1. The van der Waals surface area contributed by atoms with Crippen LogP contribution in [0.3, 0.4) is 0 Å². The molecular formula is C26H28N4O3S. The number of rotatable bonds is 7.